The highest BCUT2D eigenvalue weighted by Crippen LogP contribution is 2.52. The summed E-state index contributed by atoms with van der Waals surface area (Å²) in [5, 5.41) is 23.6. The second kappa shape index (κ2) is 5.61. The fourth-order valence-electron chi connectivity index (χ4n) is 3.98. The standard InChI is InChI=1S/C20H18N2O2/c1-24-17-10-4-9-16(20(17)23)19-15-8-3-6-13(15)14-7-2-5-12(11-21)18(14)22-19/h2-7,9-10,13,15,19,22-23H,8H2,1H3. The molecule has 2 N–H and O–H groups in total. The normalized spacial score (nSPS) is 23.8. The molecule has 0 aromatic heterocycles. The molecule has 0 saturated carbocycles. The summed E-state index contributed by atoms with van der Waals surface area (Å²) in [7, 11) is 1.55. The summed E-state index contributed by atoms with van der Waals surface area (Å²) < 4.78 is 5.26. The molecule has 3 atom stereocenters. The number of fused-ring (bicyclic) bond motifs is 3. The molecular weight excluding hydrogens is 300 g/mol. The molecule has 2 aliphatic rings. The van der Waals surface area contributed by atoms with Gasteiger partial charge in [-0.25, -0.2) is 0 Å². The van der Waals surface area contributed by atoms with Crippen molar-refractivity contribution in [3.05, 3.63) is 65.2 Å². The number of phenols is 1. The minimum absolute atomic E-state index is 0.0675. The average molecular weight is 318 g/mol. The Labute approximate surface area is 141 Å². The van der Waals surface area contributed by atoms with Crippen molar-refractivity contribution < 1.29 is 9.84 Å². The molecule has 120 valence electrons. The molecule has 0 bridgehead atoms. The molecule has 4 rings (SSSR count). The number of methoxy groups -OCH3 is 1. The second-order valence-electron chi connectivity index (χ2n) is 6.26. The predicted molar refractivity (Wildman–Crippen MR) is 92.2 cm³/mol. The molecule has 0 fully saturated rings. The van der Waals surface area contributed by atoms with Gasteiger partial charge in [0.25, 0.3) is 0 Å². The third-order valence-electron chi connectivity index (χ3n) is 5.10. The van der Waals surface area contributed by atoms with E-state index in [0.717, 1.165) is 23.2 Å². The molecule has 0 spiro atoms. The van der Waals surface area contributed by atoms with Crippen LogP contribution in [-0.2, 0) is 0 Å². The van der Waals surface area contributed by atoms with E-state index in [1.165, 1.54) is 0 Å². The van der Waals surface area contributed by atoms with E-state index in [0.29, 0.717) is 17.2 Å². The Balaban J connectivity index is 1.86. The molecule has 4 nitrogen and oxygen atoms in total. The zero-order valence-corrected chi connectivity index (χ0v) is 13.4. The summed E-state index contributed by atoms with van der Waals surface area (Å²) in [6, 6.07) is 13.6. The second-order valence-corrected chi connectivity index (χ2v) is 6.26. The maximum absolute atomic E-state index is 10.6. The highest BCUT2D eigenvalue weighted by molar-refractivity contribution is 5.68. The average Bonchev–Trinajstić information content (AvgIpc) is 3.11. The Morgan fingerprint density at radius 2 is 2.00 bits per heavy atom. The lowest BCUT2D eigenvalue weighted by atomic mass is 9.76. The Morgan fingerprint density at radius 1 is 1.21 bits per heavy atom. The molecule has 24 heavy (non-hydrogen) atoms. The van der Waals surface area contributed by atoms with Gasteiger partial charge in [-0.1, -0.05) is 36.4 Å². The van der Waals surface area contributed by atoms with Crippen molar-refractivity contribution in [2.45, 2.75) is 18.4 Å². The van der Waals surface area contributed by atoms with Gasteiger partial charge < -0.3 is 15.2 Å². The Morgan fingerprint density at radius 3 is 2.79 bits per heavy atom. The number of hydrogen-bond donors (Lipinski definition) is 2. The van der Waals surface area contributed by atoms with E-state index < -0.39 is 0 Å². The summed E-state index contributed by atoms with van der Waals surface area (Å²) in [6.07, 6.45) is 5.35. The molecule has 1 heterocycles. The van der Waals surface area contributed by atoms with E-state index >= 15 is 0 Å². The van der Waals surface area contributed by atoms with Crippen molar-refractivity contribution in [3.8, 4) is 17.6 Å². The molecule has 2 aromatic rings. The first-order valence-electron chi connectivity index (χ1n) is 8.06. The number of hydrogen-bond acceptors (Lipinski definition) is 4. The van der Waals surface area contributed by atoms with Crippen LogP contribution in [0.1, 0.15) is 35.1 Å². The Hall–Kier alpha value is -2.93. The van der Waals surface area contributed by atoms with E-state index in [1.807, 2.05) is 24.3 Å². The summed E-state index contributed by atoms with van der Waals surface area (Å²) in [4.78, 5) is 0. The molecule has 1 aliphatic carbocycles. The van der Waals surface area contributed by atoms with E-state index in [1.54, 1.807) is 13.2 Å². The van der Waals surface area contributed by atoms with Gasteiger partial charge in [0.05, 0.1) is 24.4 Å². The lowest BCUT2D eigenvalue weighted by Gasteiger charge is -2.38. The third-order valence-corrected chi connectivity index (χ3v) is 5.10. The van der Waals surface area contributed by atoms with Crippen LogP contribution < -0.4 is 10.1 Å². The lowest BCUT2D eigenvalue weighted by molar-refractivity contribution is 0.358. The van der Waals surface area contributed by atoms with Crippen LogP contribution in [0.15, 0.2) is 48.6 Å². The number of aromatic hydroxyl groups is 1. The summed E-state index contributed by atoms with van der Waals surface area (Å²) in [6.45, 7) is 0. The largest absolute Gasteiger partial charge is 0.504 e. The van der Waals surface area contributed by atoms with Crippen LogP contribution in [0.4, 0.5) is 5.69 Å². The molecule has 0 amide bonds. The highest BCUT2D eigenvalue weighted by Gasteiger charge is 2.39. The van der Waals surface area contributed by atoms with Gasteiger partial charge >= 0.3 is 0 Å². The van der Waals surface area contributed by atoms with Crippen molar-refractivity contribution in [1.29, 1.82) is 5.26 Å². The van der Waals surface area contributed by atoms with Gasteiger partial charge in [0.2, 0.25) is 0 Å². The zero-order valence-electron chi connectivity index (χ0n) is 13.4. The van der Waals surface area contributed by atoms with Crippen molar-refractivity contribution in [2.24, 2.45) is 5.92 Å². The number of nitrogens with one attached hydrogen (secondary N) is 1. The number of allylic oxidation sites excluding steroid dienone is 2. The van der Waals surface area contributed by atoms with Crippen molar-refractivity contribution >= 4 is 5.69 Å². The van der Waals surface area contributed by atoms with Gasteiger partial charge in [0, 0.05) is 11.5 Å². The minimum atomic E-state index is -0.0675. The maximum Gasteiger partial charge on any atom is 0.163 e. The smallest absolute Gasteiger partial charge is 0.163 e. The van der Waals surface area contributed by atoms with Gasteiger partial charge in [-0.3, -0.25) is 0 Å². The van der Waals surface area contributed by atoms with Gasteiger partial charge in [-0.15, -0.1) is 0 Å². The molecule has 4 heteroatoms. The van der Waals surface area contributed by atoms with E-state index in [4.69, 9.17) is 4.74 Å². The number of phenolic OH excluding ortho intramolecular Hbond substituents is 1. The van der Waals surface area contributed by atoms with Crippen LogP contribution in [0.2, 0.25) is 0 Å². The monoisotopic (exact) mass is 318 g/mol. The Bertz CT molecular complexity index is 866. The first-order valence-corrected chi connectivity index (χ1v) is 8.06. The van der Waals surface area contributed by atoms with E-state index in [2.05, 4.69) is 29.6 Å². The van der Waals surface area contributed by atoms with Gasteiger partial charge in [-0.2, -0.15) is 5.26 Å². The number of anilines is 1. The summed E-state index contributed by atoms with van der Waals surface area (Å²) in [5.74, 6) is 1.20. The zero-order chi connectivity index (χ0) is 16.7. The SMILES string of the molecule is COc1cccc(C2Nc3c(C#N)cccc3C3C=CCC32)c1O. The van der Waals surface area contributed by atoms with E-state index in [-0.39, 0.29) is 17.7 Å². The maximum atomic E-state index is 10.6. The van der Waals surface area contributed by atoms with Crippen molar-refractivity contribution in [3.63, 3.8) is 0 Å². The molecule has 1 aliphatic heterocycles. The summed E-state index contributed by atoms with van der Waals surface area (Å²) >= 11 is 0. The third kappa shape index (κ3) is 2.05. The molecule has 0 saturated heterocycles. The lowest BCUT2D eigenvalue weighted by Crippen LogP contribution is -2.29. The topological polar surface area (TPSA) is 65.3 Å². The van der Waals surface area contributed by atoms with Gasteiger partial charge in [-0.05, 0) is 30.0 Å². The highest BCUT2D eigenvalue weighted by atomic mass is 16.5. The van der Waals surface area contributed by atoms with Crippen LogP contribution in [0.25, 0.3) is 0 Å². The molecule has 0 radical (unpaired) electrons. The van der Waals surface area contributed by atoms with Crippen LogP contribution in [0.5, 0.6) is 11.5 Å². The summed E-state index contributed by atoms with van der Waals surface area (Å²) in [5.41, 5.74) is 3.48. The van der Waals surface area contributed by atoms with Crippen molar-refractivity contribution in [1.82, 2.24) is 0 Å². The van der Waals surface area contributed by atoms with Gasteiger partial charge in [0.15, 0.2) is 11.5 Å². The van der Waals surface area contributed by atoms with Crippen LogP contribution in [-0.4, -0.2) is 12.2 Å². The number of benzene rings is 2. The first-order chi connectivity index (χ1) is 11.7. The number of nitrogens with zero attached hydrogens (tertiary/aromatic N) is 1. The van der Waals surface area contributed by atoms with Crippen molar-refractivity contribution in [2.75, 3.05) is 12.4 Å². The van der Waals surface area contributed by atoms with E-state index in [9.17, 15) is 10.4 Å². The number of rotatable bonds is 2. The van der Waals surface area contributed by atoms with Crippen LogP contribution in [0, 0.1) is 17.2 Å². The fourth-order valence-corrected chi connectivity index (χ4v) is 3.98. The first kappa shape index (κ1) is 14.6. The predicted octanol–water partition coefficient (Wildman–Crippen LogP) is 4.10. The molecular formula is C20H18N2O2. The van der Waals surface area contributed by atoms with Crippen LogP contribution >= 0.6 is 0 Å². The minimum Gasteiger partial charge on any atom is -0.504 e. The van der Waals surface area contributed by atoms with Gasteiger partial charge in [0.1, 0.15) is 6.07 Å². The number of ether oxygens (including phenoxy) is 1. The number of para-hydroxylation sites is 2. The quantitative estimate of drug-likeness (QED) is 0.818. The van der Waals surface area contributed by atoms with Crippen LogP contribution in [0.3, 0.4) is 0 Å². The number of nitriles is 1. The molecule has 2 aromatic carbocycles. The molecule has 3 unspecified atom stereocenters. The fraction of sp³-hybridized carbons (Fsp3) is 0.250. The Kier molecular flexibility index (Phi) is 3.42.